The van der Waals surface area contributed by atoms with Crippen LogP contribution in [-0.2, 0) is 9.53 Å². The normalized spacial score (nSPS) is 26.1. The van der Waals surface area contributed by atoms with Crippen LogP contribution in [0.2, 0.25) is 0 Å². The highest BCUT2D eigenvalue weighted by Gasteiger charge is 2.48. The number of imidazole rings is 1. The molecule has 1 aromatic heterocycles. The minimum absolute atomic E-state index is 0.0122. The molecule has 0 unspecified atom stereocenters. The number of fused-ring (bicyclic) bond motifs is 2. The first kappa shape index (κ1) is 23.3. The number of likely N-dealkylation sites (tertiary alicyclic amines) is 1. The molecule has 0 bridgehead atoms. The van der Waals surface area contributed by atoms with Gasteiger partial charge in [0.25, 0.3) is 0 Å². The molecule has 3 aliphatic rings. The Morgan fingerprint density at radius 3 is 2.65 bits per heavy atom. The van der Waals surface area contributed by atoms with E-state index in [9.17, 15) is 4.79 Å². The number of methoxy groups -OCH3 is 1. The summed E-state index contributed by atoms with van der Waals surface area (Å²) in [6.45, 7) is 8.06. The number of hydrogen-bond donors (Lipinski definition) is 2. The van der Waals surface area contributed by atoms with Crippen molar-refractivity contribution in [2.75, 3.05) is 7.11 Å². The van der Waals surface area contributed by atoms with Gasteiger partial charge in [0.1, 0.15) is 11.9 Å². The van der Waals surface area contributed by atoms with Gasteiger partial charge in [0.2, 0.25) is 5.91 Å². The summed E-state index contributed by atoms with van der Waals surface area (Å²) in [6, 6.07) is 6.63. The summed E-state index contributed by atoms with van der Waals surface area (Å²) < 4.78 is 5.26. The van der Waals surface area contributed by atoms with Crippen LogP contribution in [0.15, 0.2) is 30.7 Å². The SMILES string of the molecule is C=C(N[C@H](C(=O)N1[C@H](c2nc3ccc(C4CCCC4)cc3[nH]2)C[C@@H]2CCCC[C@@H]21)C(C)C)OC. The molecule has 2 aromatic rings. The summed E-state index contributed by atoms with van der Waals surface area (Å²) in [5.41, 5.74) is 3.54. The minimum Gasteiger partial charge on any atom is -0.483 e. The molecule has 2 aliphatic carbocycles. The van der Waals surface area contributed by atoms with E-state index < -0.39 is 0 Å². The Bertz CT molecular complexity index is 1040. The van der Waals surface area contributed by atoms with Crippen molar-refractivity contribution in [3.05, 3.63) is 42.0 Å². The number of hydrogen-bond acceptors (Lipinski definition) is 4. The average molecular weight is 465 g/mol. The van der Waals surface area contributed by atoms with Crippen molar-refractivity contribution in [2.24, 2.45) is 11.8 Å². The highest BCUT2D eigenvalue weighted by atomic mass is 16.5. The number of ether oxygens (including phenoxy) is 1. The Hall–Kier alpha value is -2.50. The van der Waals surface area contributed by atoms with Crippen molar-refractivity contribution < 1.29 is 9.53 Å². The predicted molar refractivity (Wildman–Crippen MR) is 135 cm³/mol. The maximum Gasteiger partial charge on any atom is 0.246 e. The lowest BCUT2D eigenvalue weighted by molar-refractivity contribution is -0.138. The number of amides is 1. The number of aromatic nitrogens is 2. The van der Waals surface area contributed by atoms with Crippen molar-refractivity contribution in [3.63, 3.8) is 0 Å². The van der Waals surface area contributed by atoms with E-state index in [4.69, 9.17) is 9.72 Å². The minimum atomic E-state index is -0.367. The molecular formula is C28H40N4O2. The molecule has 2 N–H and O–H groups in total. The maximum atomic E-state index is 14.0. The maximum absolute atomic E-state index is 14.0. The third-order valence-corrected chi connectivity index (χ3v) is 8.50. The van der Waals surface area contributed by atoms with Gasteiger partial charge < -0.3 is 19.9 Å². The van der Waals surface area contributed by atoms with E-state index >= 15 is 0 Å². The van der Waals surface area contributed by atoms with E-state index in [0.717, 1.165) is 29.7 Å². The molecule has 1 amide bonds. The first-order valence-electron chi connectivity index (χ1n) is 13.3. The standard InChI is InChI=1S/C28H40N4O2/c1-17(2)26(29-18(3)34-4)28(33)32-24-12-8-7-11-21(24)16-25(32)27-30-22-14-13-20(15-23(22)31-27)19-9-5-6-10-19/h13-15,17,19,21,24-26,29H,3,5-12,16H2,1-2,4H3,(H,30,31)/t21-,24-,25-,26-/m0/s1. The van der Waals surface area contributed by atoms with Crippen molar-refractivity contribution in [2.45, 2.75) is 95.7 Å². The molecule has 0 spiro atoms. The van der Waals surface area contributed by atoms with Crippen LogP contribution in [0.1, 0.15) is 95.0 Å². The molecule has 6 heteroatoms. The van der Waals surface area contributed by atoms with Crippen LogP contribution in [0, 0.1) is 11.8 Å². The molecule has 2 saturated carbocycles. The zero-order chi connectivity index (χ0) is 23.8. The first-order chi connectivity index (χ1) is 16.5. The van der Waals surface area contributed by atoms with E-state index in [-0.39, 0.29) is 30.0 Å². The fourth-order valence-electron chi connectivity index (χ4n) is 6.65. The second-order valence-corrected chi connectivity index (χ2v) is 11.0. The molecule has 5 rings (SSSR count). The molecular weight excluding hydrogens is 424 g/mol. The molecule has 0 radical (unpaired) electrons. The second-order valence-electron chi connectivity index (χ2n) is 11.0. The lowest BCUT2D eigenvalue weighted by Crippen LogP contribution is -2.52. The fourth-order valence-corrected chi connectivity index (χ4v) is 6.65. The lowest BCUT2D eigenvalue weighted by atomic mass is 9.84. The smallest absolute Gasteiger partial charge is 0.246 e. The topological polar surface area (TPSA) is 70.2 Å². The molecule has 6 nitrogen and oxygen atoms in total. The second kappa shape index (κ2) is 9.63. The van der Waals surface area contributed by atoms with Crippen LogP contribution < -0.4 is 5.32 Å². The van der Waals surface area contributed by atoms with Crippen molar-refractivity contribution in [3.8, 4) is 0 Å². The highest BCUT2D eigenvalue weighted by Crippen LogP contribution is 2.46. The predicted octanol–water partition coefficient (Wildman–Crippen LogP) is 5.78. The van der Waals surface area contributed by atoms with Gasteiger partial charge in [-0.3, -0.25) is 4.79 Å². The number of carbonyl (C=O) groups excluding carboxylic acids is 1. The molecule has 1 aliphatic heterocycles. The molecule has 4 atom stereocenters. The zero-order valence-electron chi connectivity index (χ0n) is 21.0. The first-order valence-corrected chi connectivity index (χ1v) is 13.3. The lowest BCUT2D eigenvalue weighted by Gasteiger charge is -2.37. The van der Waals surface area contributed by atoms with Gasteiger partial charge in [-0.25, -0.2) is 4.98 Å². The van der Waals surface area contributed by atoms with Gasteiger partial charge in [-0.05, 0) is 74.1 Å². The number of nitrogens with one attached hydrogen (secondary N) is 2. The van der Waals surface area contributed by atoms with E-state index in [2.05, 4.69) is 53.8 Å². The van der Waals surface area contributed by atoms with Gasteiger partial charge >= 0.3 is 0 Å². The Labute approximate surface area is 203 Å². The van der Waals surface area contributed by atoms with Gasteiger partial charge in [-0.15, -0.1) is 0 Å². The van der Waals surface area contributed by atoms with Crippen molar-refractivity contribution >= 4 is 16.9 Å². The molecule has 3 fully saturated rings. The molecule has 34 heavy (non-hydrogen) atoms. The van der Waals surface area contributed by atoms with E-state index in [1.165, 1.54) is 50.5 Å². The van der Waals surface area contributed by atoms with Gasteiger partial charge in [0, 0.05) is 6.04 Å². The Morgan fingerprint density at radius 2 is 1.91 bits per heavy atom. The molecule has 2 heterocycles. The van der Waals surface area contributed by atoms with E-state index in [0.29, 0.717) is 17.7 Å². The fraction of sp³-hybridized carbons (Fsp3) is 0.643. The summed E-state index contributed by atoms with van der Waals surface area (Å²) in [5.74, 6) is 2.85. The molecule has 1 saturated heterocycles. The van der Waals surface area contributed by atoms with Gasteiger partial charge in [0.05, 0.1) is 24.2 Å². The van der Waals surface area contributed by atoms with Crippen LogP contribution in [0.4, 0.5) is 0 Å². The number of nitrogens with zero attached hydrogens (tertiary/aromatic N) is 2. The Kier molecular flexibility index (Phi) is 6.59. The quantitative estimate of drug-likeness (QED) is 0.509. The van der Waals surface area contributed by atoms with Crippen molar-refractivity contribution in [1.29, 1.82) is 0 Å². The number of rotatable bonds is 7. The van der Waals surface area contributed by atoms with Crippen LogP contribution in [0.5, 0.6) is 0 Å². The average Bonchev–Trinajstić information content (AvgIpc) is 3.58. The van der Waals surface area contributed by atoms with E-state index in [1.807, 2.05) is 0 Å². The monoisotopic (exact) mass is 464 g/mol. The zero-order valence-corrected chi connectivity index (χ0v) is 21.0. The van der Waals surface area contributed by atoms with Gasteiger partial charge in [-0.1, -0.05) is 45.6 Å². The van der Waals surface area contributed by atoms with Crippen LogP contribution >= 0.6 is 0 Å². The van der Waals surface area contributed by atoms with Crippen LogP contribution in [0.3, 0.4) is 0 Å². The summed E-state index contributed by atoms with van der Waals surface area (Å²) in [6.07, 6.45) is 10.9. The summed E-state index contributed by atoms with van der Waals surface area (Å²) in [4.78, 5) is 24.9. The highest BCUT2D eigenvalue weighted by molar-refractivity contribution is 5.84. The summed E-state index contributed by atoms with van der Waals surface area (Å²) >= 11 is 0. The van der Waals surface area contributed by atoms with Crippen molar-refractivity contribution in [1.82, 2.24) is 20.2 Å². The largest absolute Gasteiger partial charge is 0.483 e. The van der Waals surface area contributed by atoms with Gasteiger partial charge in [0.15, 0.2) is 5.88 Å². The summed E-state index contributed by atoms with van der Waals surface area (Å²) in [7, 11) is 1.58. The Morgan fingerprint density at radius 1 is 1.18 bits per heavy atom. The number of H-pyrrole nitrogens is 1. The third-order valence-electron chi connectivity index (χ3n) is 8.50. The molecule has 1 aromatic carbocycles. The number of aromatic amines is 1. The van der Waals surface area contributed by atoms with Crippen LogP contribution in [-0.4, -0.2) is 40.0 Å². The third kappa shape index (κ3) is 4.32. The number of benzene rings is 1. The van der Waals surface area contributed by atoms with E-state index in [1.54, 1.807) is 7.11 Å². The Balaban J connectivity index is 1.47. The summed E-state index contributed by atoms with van der Waals surface area (Å²) in [5, 5.41) is 3.24. The number of carbonyl (C=O) groups is 1. The van der Waals surface area contributed by atoms with Crippen LogP contribution in [0.25, 0.3) is 11.0 Å². The molecule has 184 valence electrons. The van der Waals surface area contributed by atoms with Gasteiger partial charge in [-0.2, -0.15) is 0 Å².